The third-order valence-corrected chi connectivity index (χ3v) is 5.07. The normalized spacial score (nSPS) is 14.4. The van der Waals surface area contributed by atoms with Gasteiger partial charge in [-0.25, -0.2) is 14.9 Å². The predicted octanol–water partition coefficient (Wildman–Crippen LogP) is 5.11. The van der Waals surface area contributed by atoms with Crippen molar-refractivity contribution in [3.05, 3.63) is 48.3 Å². The Morgan fingerprint density at radius 1 is 1.24 bits per heavy atom. The third kappa shape index (κ3) is 4.86. The number of aromatic nitrogens is 3. The first-order chi connectivity index (χ1) is 13.9. The lowest BCUT2D eigenvalue weighted by molar-refractivity contribution is 0.150. The van der Waals surface area contributed by atoms with E-state index < -0.39 is 9.89 Å². The van der Waals surface area contributed by atoms with Gasteiger partial charge < -0.3 is 4.74 Å². The number of benzene rings is 1. The van der Waals surface area contributed by atoms with Gasteiger partial charge in [-0.2, -0.15) is 5.10 Å². The van der Waals surface area contributed by atoms with Gasteiger partial charge in [0.15, 0.2) is 0 Å². The number of ether oxygens (including phenoxy) is 1. The molecule has 1 aliphatic rings. The summed E-state index contributed by atoms with van der Waals surface area (Å²) in [5, 5.41) is 5.74. The topological polar surface area (TPSA) is 81.1 Å². The van der Waals surface area contributed by atoms with E-state index in [1.165, 1.54) is 6.42 Å². The number of nitrogens with zero attached hydrogens (tertiary/aromatic N) is 3. The summed E-state index contributed by atoms with van der Waals surface area (Å²) in [5.41, 5.74) is 8.01. The second-order valence-electron chi connectivity index (χ2n) is 6.82. The van der Waals surface area contributed by atoms with Gasteiger partial charge in [0, 0.05) is 23.6 Å². The summed E-state index contributed by atoms with van der Waals surface area (Å²) in [7, 11) is 0. The SMILES string of the molecule is O=C(NNc1cc(C2CCC2)nn1-c1ccc2ncccc2c1)OCC(Cl)(Cl)Cl. The molecule has 1 aliphatic carbocycles. The van der Waals surface area contributed by atoms with Crippen molar-refractivity contribution in [3.63, 3.8) is 0 Å². The predicted molar refractivity (Wildman–Crippen MR) is 114 cm³/mol. The van der Waals surface area contributed by atoms with E-state index in [9.17, 15) is 4.79 Å². The molecule has 0 bridgehead atoms. The molecule has 0 spiro atoms. The fraction of sp³-hybridized carbons (Fsp3) is 0.316. The Morgan fingerprint density at radius 3 is 2.79 bits per heavy atom. The van der Waals surface area contributed by atoms with Crippen molar-refractivity contribution >= 4 is 57.6 Å². The maximum absolute atomic E-state index is 11.9. The molecule has 0 aliphatic heterocycles. The van der Waals surface area contributed by atoms with Crippen molar-refractivity contribution in [3.8, 4) is 5.69 Å². The van der Waals surface area contributed by atoms with E-state index in [0.29, 0.717) is 11.7 Å². The molecule has 0 radical (unpaired) electrons. The van der Waals surface area contributed by atoms with Gasteiger partial charge in [0.1, 0.15) is 12.4 Å². The lowest BCUT2D eigenvalue weighted by Crippen LogP contribution is -2.33. The van der Waals surface area contributed by atoms with Crippen LogP contribution in [-0.4, -0.2) is 31.3 Å². The van der Waals surface area contributed by atoms with Gasteiger partial charge in [0.25, 0.3) is 0 Å². The fourth-order valence-corrected chi connectivity index (χ4v) is 3.25. The molecule has 0 saturated heterocycles. The lowest BCUT2D eigenvalue weighted by atomic mass is 9.83. The Kier molecular flexibility index (Phi) is 5.72. The summed E-state index contributed by atoms with van der Waals surface area (Å²) in [6.07, 6.45) is 4.40. The van der Waals surface area contributed by atoms with Crippen LogP contribution in [0.1, 0.15) is 30.9 Å². The van der Waals surface area contributed by atoms with E-state index in [0.717, 1.165) is 35.1 Å². The first-order valence-corrected chi connectivity index (χ1v) is 10.2. The van der Waals surface area contributed by atoms with Crippen LogP contribution in [0.2, 0.25) is 0 Å². The molecule has 4 rings (SSSR count). The number of amides is 1. The average molecular weight is 455 g/mol. The van der Waals surface area contributed by atoms with Gasteiger partial charge in [0.05, 0.1) is 16.9 Å². The molecule has 2 N–H and O–H groups in total. The number of anilines is 1. The van der Waals surface area contributed by atoms with Gasteiger partial charge in [-0.15, -0.1) is 0 Å². The minimum Gasteiger partial charge on any atom is -0.444 e. The fourth-order valence-electron chi connectivity index (χ4n) is 3.08. The Balaban J connectivity index is 1.57. The molecule has 10 heteroatoms. The minimum atomic E-state index is -1.67. The lowest BCUT2D eigenvalue weighted by Gasteiger charge is -2.22. The average Bonchev–Trinajstić information content (AvgIpc) is 3.06. The second kappa shape index (κ2) is 8.26. The monoisotopic (exact) mass is 453 g/mol. The standard InChI is InChI=1S/C19H18Cl3N5O2/c20-19(21,22)11-29-18(28)25-24-17-10-16(12-3-1-4-12)26-27(17)14-6-7-15-13(9-14)5-2-8-23-15/h2,5-10,12,24H,1,3-4,11H2,(H,25,28). The Morgan fingerprint density at radius 2 is 2.07 bits per heavy atom. The van der Waals surface area contributed by atoms with Gasteiger partial charge in [-0.1, -0.05) is 47.3 Å². The van der Waals surface area contributed by atoms with Crippen LogP contribution in [-0.2, 0) is 4.74 Å². The Labute approximate surface area is 182 Å². The van der Waals surface area contributed by atoms with E-state index in [4.69, 9.17) is 44.6 Å². The second-order valence-corrected chi connectivity index (χ2v) is 9.33. The van der Waals surface area contributed by atoms with Crippen LogP contribution in [0.3, 0.4) is 0 Å². The van der Waals surface area contributed by atoms with Gasteiger partial charge in [-0.05, 0) is 37.1 Å². The minimum absolute atomic E-state index is 0.366. The molecular formula is C19H18Cl3N5O2. The molecule has 1 fully saturated rings. The number of alkyl halides is 3. The Bertz CT molecular complexity index is 1030. The van der Waals surface area contributed by atoms with Crippen LogP contribution in [0.15, 0.2) is 42.6 Å². The molecule has 1 saturated carbocycles. The number of hydrogen-bond acceptors (Lipinski definition) is 5. The number of fused-ring (bicyclic) bond motifs is 1. The van der Waals surface area contributed by atoms with Gasteiger partial charge >= 0.3 is 6.09 Å². The number of rotatable bonds is 5. The maximum atomic E-state index is 11.9. The highest BCUT2D eigenvalue weighted by molar-refractivity contribution is 6.67. The van der Waals surface area contributed by atoms with Crippen LogP contribution >= 0.6 is 34.8 Å². The van der Waals surface area contributed by atoms with E-state index in [2.05, 4.69) is 15.8 Å². The van der Waals surface area contributed by atoms with Crippen molar-refractivity contribution in [2.24, 2.45) is 0 Å². The van der Waals surface area contributed by atoms with E-state index in [-0.39, 0.29) is 6.61 Å². The zero-order chi connectivity index (χ0) is 20.4. The molecule has 2 aromatic heterocycles. The molecule has 2 heterocycles. The first kappa shape index (κ1) is 20.1. The molecule has 29 heavy (non-hydrogen) atoms. The smallest absolute Gasteiger partial charge is 0.426 e. The van der Waals surface area contributed by atoms with Crippen LogP contribution in [0.5, 0.6) is 0 Å². The van der Waals surface area contributed by atoms with Crippen LogP contribution < -0.4 is 10.9 Å². The number of halogens is 3. The summed E-state index contributed by atoms with van der Waals surface area (Å²) in [5.74, 6) is 1.02. The van der Waals surface area contributed by atoms with Gasteiger partial charge in [-0.3, -0.25) is 10.4 Å². The number of hydrogen-bond donors (Lipinski definition) is 2. The summed E-state index contributed by atoms with van der Waals surface area (Å²) < 4.78 is 4.95. The highest BCUT2D eigenvalue weighted by Crippen LogP contribution is 2.37. The van der Waals surface area contributed by atoms with E-state index in [1.807, 2.05) is 36.4 Å². The van der Waals surface area contributed by atoms with E-state index in [1.54, 1.807) is 10.9 Å². The van der Waals surface area contributed by atoms with Crippen molar-refractivity contribution in [1.29, 1.82) is 0 Å². The van der Waals surface area contributed by atoms with Crippen LogP contribution in [0.25, 0.3) is 16.6 Å². The zero-order valence-electron chi connectivity index (χ0n) is 15.2. The summed E-state index contributed by atoms with van der Waals surface area (Å²) in [6.45, 7) is -0.366. The molecule has 0 unspecified atom stereocenters. The number of hydrazine groups is 1. The highest BCUT2D eigenvalue weighted by Gasteiger charge is 2.25. The van der Waals surface area contributed by atoms with Crippen LogP contribution in [0, 0.1) is 0 Å². The maximum Gasteiger partial charge on any atom is 0.426 e. The number of carbonyl (C=O) groups excluding carboxylic acids is 1. The van der Waals surface area contributed by atoms with Gasteiger partial charge in [0.2, 0.25) is 3.79 Å². The number of nitrogens with one attached hydrogen (secondary N) is 2. The molecule has 1 aromatic carbocycles. The number of pyridine rings is 1. The molecule has 3 aromatic rings. The molecule has 1 amide bonds. The zero-order valence-corrected chi connectivity index (χ0v) is 17.5. The third-order valence-electron chi connectivity index (χ3n) is 4.74. The summed E-state index contributed by atoms with van der Waals surface area (Å²) in [6, 6.07) is 11.7. The van der Waals surface area contributed by atoms with Crippen molar-refractivity contribution in [1.82, 2.24) is 20.2 Å². The molecular weight excluding hydrogens is 437 g/mol. The van der Waals surface area contributed by atoms with Crippen molar-refractivity contribution < 1.29 is 9.53 Å². The first-order valence-electron chi connectivity index (χ1n) is 9.10. The summed E-state index contributed by atoms with van der Waals surface area (Å²) >= 11 is 16.8. The molecule has 152 valence electrons. The summed E-state index contributed by atoms with van der Waals surface area (Å²) in [4.78, 5) is 16.2. The highest BCUT2D eigenvalue weighted by atomic mass is 35.6. The van der Waals surface area contributed by atoms with Crippen LogP contribution in [0.4, 0.5) is 10.6 Å². The number of carbonyl (C=O) groups is 1. The Hall–Kier alpha value is -2.22. The molecule has 7 nitrogen and oxygen atoms in total. The van der Waals surface area contributed by atoms with Crippen molar-refractivity contribution in [2.45, 2.75) is 29.0 Å². The quantitative estimate of drug-likeness (QED) is 0.413. The molecule has 0 atom stereocenters. The largest absolute Gasteiger partial charge is 0.444 e. The van der Waals surface area contributed by atoms with Crippen molar-refractivity contribution in [2.75, 3.05) is 12.0 Å². The van der Waals surface area contributed by atoms with E-state index >= 15 is 0 Å².